The minimum absolute atomic E-state index is 0.0439. The van der Waals surface area contributed by atoms with E-state index in [1.165, 1.54) is 5.56 Å². The summed E-state index contributed by atoms with van der Waals surface area (Å²) in [6.07, 6.45) is 0.835. The van der Waals surface area contributed by atoms with Crippen molar-refractivity contribution in [1.29, 1.82) is 0 Å². The van der Waals surface area contributed by atoms with Gasteiger partial charge in [0.2, 0.25) is 0 Å². The summed E-state index contributed by atoms with van der Waals surface area (Å²) in [6, 6.07) is 18.0. The fraction of sp³-hybridized carbons (Fsp3) is 0.143. The Labute approximate surface area is 101 Å². The molecule has 16 heavy (non-hydrogen) atoms. The average Bonchev–Trinajstić information content (AvgIpc) is 2.33. The van der Waals surface area contributed by atoms with E-state index in [0.717, 1.165) is 17.0 Å². The Bertz CT molecular complexity index is 436. The summed E-state index contributed by atoms with van der Waals surface area (Å²) in [4.78, 5) is 0. The van der Waals surface area contributed by atoms with Gasteiger partial charge in [0.05, 0.1) is 0 Å². The zero-order valence-electron chi connectivity index (χ0n) is 8.94. The monoisotopic (exact) mass is 231 g/mol. The third-order valence-corrected chi connectivity index (χ3v) is 2.85. The third-order valence-electron chi connectivity index (χ3n) is 2.60. The minimum Gasteiger partial charge on any atom is -0.324 e. The Kier molecular flexibility index (Phi) is 3.60. The second kappa shape index (κ2) is 5.15. The number of hydrogen-bond donors (Lipinski definition) is 1. The van der Waals surface area contributed by atoms with Crippen LogP contribution in [0.25, 0.3) is 0 Å². The van der Waals surface area contributed by atoms with Crippen molar-refractivity contribution in [2.24, 2.45) is 5.73 Å². The molecule has 2 aromatic rings. The first-order valence-electron chi connectivity index (χ1n) is 5.30. The second-order valence-electron chi connectivity index (χ2n) is 3.85. The van der Waals surface area contributed by atoms with E-state index < -0.39 is 0 Å². The van der Waals surface area contributed by atoms with Crippen LogP contribution in [0.4, 0.5) is 0 Å². The Hall–Kier alpha value is -1.31. The highest BCUT2D eigenvalue weighted by atomic mass is 35.5. The molecule has 0 saturated carbocycles. The van der Waals surface area contributed by atoms with Crippen LogP contribution in [0.5, 0.6) is 0 Å². The molecule has 1 nitrogen and oxygen atoms in total. The lowest BCUT2D eigenvalue weighted by Gasteiger charge is -2.11. The van der Waals surface area contributed by atoms with Crippen molar-refractivity contribution in [3.8, 4) is 0 Å². The van der Waals surface area contributed by atoms with Crippen molar-refractivity contribution in [3.05, 3.63) is 70.7 Å². The summed E-state index contributed by atoms with van der Waals surface area (Å²) >= 11 is 5.83. The Morgan fingerprint density at radius 2 is 1.56 bits per heavy atom. The second-order valence-corrected chi connectivity index (χ2v) is 4.28. The van der Waals surface area contributed by atoms with Crippen LogP contribution in [-0.2, 0) is 6.42 Å². The van der Waals surface area contributed by atoms with Gasteiger partial charge in [-0.25, -0.2) is 0 Å². The van der Waals surface area contributed by atoms with E-state index in [4.69, 9.17) is 17.3 Å². The van der Waals surface area contributed by atoms with E-state index in [-0.39, 0.29) is 6.04 Å². The molecule has 0 bridgehead atoms. The van der Waals surface area contributed by atoms with Crippen molar-refractivity contribution in [2.45, 2.75) is 12.5 Å². The molecular formula is C14H14ClN. The van der Waals surface area contributed by atoms with Crippen LogP contribution in [-0.4, -0.2) is 0 Å². The Morgan fingerprint density at radius 3 is 2.19 bits per heavy atom. The smallest absolute Gasteiger partial charge is 0.0406 e. The van der Waals surface area contributed by atoms with Crippen molar-refractivity contribution >= 4 is 11.6 Å². The molecule has 2 N–H and O–H groups in total. The lowest BCUT2D eigenvalue weighted by molar-refractivity contribution is 0.722. The molecule has 0 heterocycles. The van der Waals surface area contributed by atoms with E-state index in [1.54, 1.807) is 0 Å². The Morgan fingerprint density at radius 1 is 0.938 bits per heavy atom. The van der Waals surface area contributed by atoms with Gasteiger partial charge in [0.25, 0.3) is 0 Å². The normalized spacial score (nSPS) is 12.4. The van der Waals surface area contributed by atoms with Crippen LogP contribution < -0.4 is 5.73 Å². The lowest BCUT2D eigenvalue weighted by Crippen LogP contribution is -2.12. The summed E-state index contributed by atoms with van der Waals surface area (Å²) in [5.41, 5.74) is 8.51. The highest BCUT2D eigenvalue weighted by Crippen LogP contribution is 2.17. The van der Waals surface area contributed by atoms with Crippen LogP contribution >= 0.6 is 11.6 Å². The molecule has 1 atom stereocenters. The Balaban J connectivity index is 2.08. The number of benzene rings is 2. The topological polar surface area (TPSA) is 26.0 Å². The summed E-state index contributed by atoms with van der Waals surface area (Å²) in [6.45, 7) is 0. The number of hydrogen-bond acceptors (Lipinski definition) is 1. The fourth-order valence-electron chi connectivity index (χ4n) is 1.69. The molecule has 2 aromatic carbocycles. The maximum Gasteiger partial charge on any atom is 0.0406 e. The van der Waals surface area contributed by atoms with Gasteiger partial charge in [0, 0.05) is 11.1 Å². The first-order chi connectivity index (χ1) is 7.75. The number of halogens is 1. The van der Waals surface area contributed by atoms with E-state index in [1.807, 2.05) is 42.5 Å². The van der Waals surface area contributed by atoms with Crippen molar-refractivity contribution in [3.63, 3.8) is 0 Å². The largest absolute Gasteiger partial charge is 0.324 e. The zero-order chi connectivity index (χ0) is 11.4. The molecular weight excluding hydrogens is 218 g/mol. The van der Waals surface area contributed by atoms with Gasteiger partial charge in [-0.05, 0) is 29.7 Å². The number of nitrogens with two attached hydrogens (primary N) is 1. The van der Waals surface area contributed by atoms with Crippen LogP contribution in [0.15, 0.2) is 54.6 Å². The molecule has 0 saturated heterocycles. The van der Waals surface area contributed by atoms with Gasteiger partial charge in [-0.3, -0.25) is 0 Å². The van der Waals surface area contributed by atoms with Gasteiger partial charge in [-0.1, -0.05) is 54.1 Å². The van der Waals surface area contributed by atoms with Crippen LogP contribution in [0.3, 0.4) is 0 Å². The molecule has 0 spiro atoms. The first kappa shape index (κ1) is 11.2. The van der Waals surface area contributed by atoms with E-state index >= 15 is 0 Å². The summed E-state index contributed by atoms with van der Waals surface area (Å²) in [5, 5.41) is 0.761. The third kappa shape index (κ3) is 2.84. The van der Waals surface area contributed by atoms with Crippen molar-refractivity contribution < 1.29 is 0 Å². The van der Waals surface area contributed by atoms with E-state index in [0.29, 0.717) is 0 Å². The summed E-state index contributed by atoms with van der Waals surface area (Å²) < 4.78 is 0. The van der Waals surface area contributed by atoms with E-state index in [2.05, 4.69) is 12.1 Å². The summed E-state index contributed by atoms with van der Waals surface area (Å²) in [5.74, 6) is 0. The first-order valence-corrected chi connectivity index (χ1v) is 5.68. The van der Waals surface area contributed by atoms with Crippen molar-refractivity contribution in [2.75, 3.05) is 0 Å². The quantitative estimate of drug-likeness (QED) is 0.859. The van der Waals surface area contributed by atoms with Crippen LogP contribution in [0.2, 0.25) is 5.02 Å². The molecule has 0 aliphatic carbocycles. The zero-order valence-corrected chi connectivity index (χ0v) is 9.69. The molecule has 0 aromatic heterocycles. The van der Waals surface area contributed by atoms with Crippen molar-refractivity contribution in [1.82, 2.24) is 0 Å². The highest BCUT2D eigenvalue weighted by Gasteiger charge is 2.05. The molecule has 0 radical (unpaired) electrons. The van der Waals surface area contributed by atoms with Gasteiger partial charge < -0.3 is 5.73 Å². The predicted octanol–water partition coefficient (Wildman–Crippen LogP) is 3.58. The van der Waals surface area contributed by atoms with Gasteiger partial charge in [0.15, 0.2) is 0 Å². The molecule has 0 aliphatic rings. The van der Waals surface area contributed by atoms with Gasteiger partial charge in [-0.15, -0.1) is 0 Å². The SMILES string of the molecule is N[C@H](Cc1ccc(Cl)cc1)c1ccccc1. The van der Waals surface area contributed by atoms with Gasteiger partial charge >= 0.3 is 0 Å². The molecule has 2 heteroatoms. The van der Waals surface area contributed by atoms with Gasteiger partial charge in [0.1, 0.15) is 0 Å². The maximum atomic E-state index is 6.13. The number of rotatable bonds is 3. The molecule has 82 valence electrons. The maximum absolute atomic E-state index is 6.13. The van der Waals surface area contributed by atoms with Gasteiger partial charge in [-0.2, -0.15) is 0 Å². The summed E-state index contributed by atoms with van der Waals surface area (Å²) in [7, 11) is 0. The molecule has 2 rings (SSSR count). The standard InChI is InChI=1S/C14H14ClN/c15-13-8-6-11(7-9-13)10-14(16)12-4-2-1-3-5-12/h1-9,14H,10,16H2/t14-/m1/s1. The fourth-order valence-corrected chi connectivity index (χ4v) is 1.82. The molecule has 0 fully saturated rings. The molecule has 0 unspecified atom stereocenters. The van der Waals surface area contributed by atoms with E-state index in [9.17, 15) is 0 Å². The predicted molar refractivity (Wildman–Crippen MR) is 68.5 cm³/mol. The average molecular weight is 232 g/mol. The lowest BCUT2D eigenvalue weighted by atomic mass is 10.00. The highest BCUT2D eigenvalue weighted by molar-refractivity contribution is 6.30. The molecule has 0 amide bonds. The molecule has 0 aliphatic heterocycles. The minimum atomic E-state index is 0.0439. The van der Waals surface area contributed by atoms with Crippen LogP contribution in [0, 0.1) is 0 Å². The van der Waals surface area contributed by atoms with Crippen LogP contribution in [0.1, 0.15) is 17.2 Å².